The van der Waals surface area contributed by atoms with E-state index in [-0.39, 0.29) is 30.8 Å². The highest BCUT2D eigenvalue weighted by Gasteiger charge is 2.37. The van der Waals surface area contributed by atoms with Crippen molar-refractivity contribution in [3.8, 4) is 5.75 Å². The maximum absolute atomic E-state index is 13.7. The Morgan fingerprint density at radius 3 is 2.68 bits per heavy atom. The molecule has 2 heterocycles. The van der Waals surface area contributed by atoms with Crippen LogP contribution in [0, 0.1) is 0 Å². The predicted octanol–water partition coefficient (Wildman–Crippen LogP) is 5.83. The molecule has 4 rings (SSSR count). The van der Waals surface area contributed by atoms with Crippen LogP contribution in [0.5, 0.6) is 5.75 Å². The second-order valence-corrected chi connectivity index (χ2v) is 10.6. The van der Waals surface area contributed by atoms with Gasteiger partial charge in [-0.3, -0.25) is 14.1 Å². The van der Waals surface area contributed by atoms with Crippen LogP contribution >= 0.6 is 11.6 Å². The van der Waals surface area contributed by atoms with Crippen LogP contribution in [0.25, 0.3) is 12.2 Å². The zero-order chi connectivity index (χ0) is 27.5. The lowest BCUT2D eigenvalue weighted by Crippen LogP contribution is -2.43. The van der Waals surface area contributed by atoms with Crippen LogP contribution in [0.1, 0.15) is 29.7 Å². The van der Waals surface area contributed by atoms with Crippen LogP contribution in [0.4, 0.5) is 18.9 Å². The summed E-state index contributed by atoms with van der Waals surface area (Å²) < 4.78 is 78.9. The SMILES string of the molecule is COC(=O)CCC1CN(S(=O)(=O)c2cccc(C(F)(F)F)c2)c2cc(/C=C/c3ncccc3Cl)ccc2O1. The van der Waals surface area contributed by atoms with Gasteiger partial charge in [-0.15, -0.1) is 0 Å². The first-order chi connectivity index (χ1) is 18.0. The van der Waals surface area contributed by atoms with E-state index in [0.717, 1.165) is 22.5 Å². The summed E-state index contributed by atoms with van der Waals surface area (Å²) in [6.45, 7) is -0.220. The number of fused-ring (bicyclic) bond motifs is 1. The monoisotopic (exact) mass is 566 g/mol. The predicted molar refractivity (Wildman–Crippen MR) is 136 cm³/mol. The summed E-state index contributed by atoms with van der Waals surface area (Å²) in [7, 11) is -3.21. The van der Waals surface area contributed by atoms with Gasteiger partial charge in [0, 0.05) is 12.6 Å². The highest BCUT2D eigenvalue weighted by atomic mass is 35.5. The lowest BCUT2D eigenvalue weighted by atomic mass is 10.1. The smallest absolute Gasteiger partial charge is 0.416 e. The molecule has 0 spiro atoms. The number of rotatable bonds is 7. The quantitative estimate of drug-likeness (QED) is 0.334. The summed E-state index contributed by atoms with van der Waals surface area (Å²) in [5.74, 6) is -0.296. The molecule has 0 radical (unpaired) electrons. The molecule has 0 fully saturated rings. The molecule has 1 aromatic heterocycles. The van der Waals surface area contributed by atoms with Gasteiger partial charge >= 0.3 is 12.1 Å². The number of esters is 1. The highest BCUT2D eigenvalue weighted by molar-refractivity contribution is 7.92. The number of ether oxygens (including phenoxy) is 2. The van der Waals surface area contributed by atoms with Gasteiger partial charge in [0.25, 0.3) is 10.0 Å². The fourth-order valence-corrected chi connectivity index (χ4v) is 5.58. The van der Waals surface area contributed by atoms with Gasteiger partial charge in [0.15, 0.2) is 0 Å². The molecule has 0 aliphatic carbocycles. The van der Waals surface area contributed by atoms with Crippen molar-refractivity contribution in [2.24, 2.45) is 0 Å². The molecule has 0 amide bonds. The molecule has 3 aromatic rings. The number of carbonyl (C=O) groups excluding carboxylic acids is 1. The lowest BCUT2D eigenvalue weighted by molar-refractivity contribution is -0.141. The minimum atomic E-state index is -4.72. The Morgan fingerprint density at radius 2 is 1.97 bits per heavy atom. The van der Waals surface area contributed by atoms with Crippen molar-refractivity contribution in [3.63, 3.8) is 0 Å². The van der Waals surface area contributed by atoms with Crippen molar-refractivity contribution in [3.05, 3.63) is 82.6 Å². The number of methoxy groups -OCH3 is 1. The van der Waals surface area contributed by atoms with Gasteiger partial charge in [-0.05, 0) is 60.5 Å². The Kier molecular flexibility index (Phi) is 7.98. The van der Waals surface area contributed by atoms with Crippen molar-refractivity contribution in [1.82, 2.24) is 4.98 Å². The second-order valence-electron chi connectivity index (χ2n) is 8.35. The number of alkyl halides is 3. The van der Waals surface area contributed by atoms with Crippen molar-refractivity contribution in [2.75, 3.05) is 18.0 Å². The van der Waals surface area contributed by atoms with Crippen LogP contribution in [0.2, 0.25) is 5.02 Å². The molecule has 1 atom stereocenters. The summed E-state index contributed by atoms with van der Waals surface area (Å²) in [5.41, 5.74) is 0.134. The Hall–Kier alpha value is -3.57. The van der Waals surface area contributed by atoms with Gasteiger partial charge in [0.1, 0.15) is 11.9 Å². The van der Waals surface area contributed by atoms with E-state index < -0.39 is 38.7 Å². The average Bonchev–Trinajstić information content (AvgIpc) is 2.90. The molecule has 2 aromatic carbocycles. The van der Waals surface area contributed by atoms with E-state index in [2.05, 4.69) is 9.72 Å². The lowest BCUT2D eigenvalue weighted by Gasteiger charge is -2.35. The van der Waals surface area contributed by atoms with Gasteiger partial charge in [0.2, 0.25) is 0 Å². The van der Waals surface area contributed by atoms with E-state index in [1.807, 2.05) is 0 Å². The molecule has 38 heavy (non-hydrogen) atoms. The minimum absolute atomic E-state index is 0.0282. The second kappa shape index (κ2) is 11.0. The highest BCUT2D eigenvalue weighted by Crippen LogP contribution is 2.40. The van der Waals surface area contributed by atoms with E-state index in [1.165, 1.54) is 7.11 Å². The maximum atomic E-state index is 13.7. The van der Waals surface area contributed by atoms with Crippen LogP contribution in [0.15, 0.2) is 65.7 Å². The van der Waals surface area contributed by atoms with Crippen LogP contribution < -0.4 is 9.04 Å². The number of pyridine rings is 1. The first-order valence-electron chi connectivity index (χ1n) is 11.3. The summed E-state index contributed by atoms with van der Waals surface area (Å²) >= 11 is 6.15. The number of anilines is 1. The number of hydrogen-bond donors (Lipinski definition) is 0. The third kappa shape index (κ3) is 6.11. The maximum Gasteiger partial charge on any atom is 0.416 e. The van der Waals surface area contributed by atoms with Crippen molar-refractivity contribution in [1.29, 1.82) is 0 Å². The van der Waals surface area contributed by atoms with Gasteiger partial charge < -0.3 is 9.47 Å². The third-order valence-electron chi connectivity index (χ3n) is 5.78. The van der Waals surface area contributed by atoms with Crippen molar-refractivity contribution in [2.45, 2.75) is 30.0 Å². The molecule has 1 aliphatic rings. The number of sulfonamides is 1. The number of carbonyl (C=O) groups is 1. The molecule has 200 valence electrons. The number of halogens is 4. The average molecular weight is 567 g/mol. The van der Waals surface area contributed by atoms with E-state index in [0.29, 0.717) is 22.3 Å². The Labute approximate surface area is 222 Å². The summed E-state index contributed by atoms with van der Waals surface area (Å²) in [6, 6.07) is 11.7. The number of benzene rings is 2. The molecule has 1 aliphatic heterocycles. The molecular weight excluding hydrogens is 545 g/mol. The molecular formula is C26H22ClF3N2O5S. The number of hydrogen-bond acceptors (Lipinski definition) is 6. The fourth-order valence-electron chi connectivity index (χ4n) is 3.85. The third-order valence-corrected chi connectivity index (χ3v) is 7.88. The Balaban J connectivity index is 1.74. The van der Waals surface area contributed by atoms with Gasteiger partial charge in [-0.25, -0.2) is 8.42 Å². The summed E-state index contributed by atoms with van der Waals surface area (Å²) in [6.07, 6.45) is -0.450. The number of nitrogens with zero attached hydrogens (tertiary/aromatic N) is 2. The number of aromatic nitrogens is 1. The van der Waals surface area contributed by atoms with Gasteiger partial charge in [0.05, 0.1) is 40.5 Å². The molecule has 0 N–H and O–H groups in total. The Bertz CT molecular complexity index is 1480. The summed E-state index contributed by atoms with van der Waals surface area (Å²) in [4.78, 5) is 15.3. The van der Waals surface area contributed by atoms with Gasteiger partial charge in [-0.1, -0.05) is 29.8 Å². The minimum Gasteiger partial charge on any atom is -0.486 e. The molecule has 12 heteroatoms. The molecule has 0 saturated heterocycles. The normalized spacial score (nSPS) is 15.7. The fraction of sp³-hybridized carbons (Fsp3) is 0.231. The standard InChI is InChI=1S/C26H22ClF3N2O5S/c1-36-25(33)12-9-19-16-32(38(34,35)20-5-2-4-18(15-20)26(28,29)30)23-14-17(8-11-24(23)37-19)7-10-22-21(27)6-3-13-31-22/h2-8,10-11,13-15,19H,9,12,16H2,1H3/b10-7+. The molecule has 0 bridgehead atoms. The van der Waals surface area contributed by atoms with Crippen molar-refractivity contribution < 1.29 is 35.9 Å². The molecule has 0 saturated carbocycles. The molecule has 7 nitrogen and oxygen atoms in total. The topological polar surface area (TPSA) is 85.8 Å². The molecule has 1 unspecified atom stereocenters. The van der Waals surface area contributed by atoms with E-state index in [1.54, 1.807) is 48.7 Å². The van der Waals surface area contributed by atoms with Gasteiger partial charge in [-0.2, -0.15) is 13.2 Å². The van der Waals surface area contributed by atoms with Crippen molar-refractivity contribution >= 4 is 45.4 Å². The first-order valence-corrected chi connectivity index (χ1v) is 13.2. The van der Waals surface area contributed by atoms with Crippen LogP contribution in [-0.4, -0.2) is 39.1 Å². The largest absolute Gasteiger partial charge is 0.486 e. The van der Waals surface area contributed by atoms with E-state index in [9.17, 15) is 26.4 Å². The zero-order valence-corrected chi connectivity index (χ0v) is 21.6. The van der Waals surface area contributed by atoms with Crippen LogP contribution in [0.3, 0.4) is 0 Å². The zero-order valence-electron chi connectivity index (χ0n) is 20.0. The Morgan fingerprint density at radius 1 is 1.18 bits per heavy atom. The summed E-state index contributed by atoms with van der Waals surface area (Å²) in [5, 5.41) is 0.423. The first kappa shape index (κ1) is 27.5. The van der Waals surface area contributed by atoms with Crippen LogP contribution in [-0.2, 0) is 25.7 Å². The van der Waals surface area contributed by atoms with E-state index >= 15 is 0 Å². The van der Waals surface area contributed by atoms with E-state index in [4.69, 9.17) is 16.3 Å².